The van der Waals surface area contributed by atoms with Gasteiger partial charge in [0.1, 0.15) is 5.54 Å². The van der Waals surface area contributed by atoms with E-state index >= 15 is 0 Å². The van der Waals surface area contributed by atoms with Crippen LogP contribution in [-0.2, 0) is 21.5 Å². The van der Waals surface area contributed by atoms with Gasteiger partial charge in [-0.3, -0.25) is 5.32 Å². The average Bonchev–Trinajstić information content (AvgIpc) is 2.89. The van der Waals surface area contributed by atoms with Crippen LogP contribution in [0, 0.1) is 0 Å². The predicted molar refractivity (Wildman–Crippen MR) is 83.1 cm³/mol. The molecule has 0 heterocycles. The summed E-state index contributed by atoms with van der Waals surface area (Å²) in [6.45, 7) is 2.32. The van der Waals surface area contributed by atoms with E-state index in [1.54, 1.807) is 0 Å². The Bertz CT molecular complexity index is 508. The third-order valence-corrected chi connectivity index (χ3v) is 4.93. The number of benzene rings is 1. The molecule has 114 valence electrons. The highest BCUT2D eigenvalue weighted by Crippen LogP contribution is 2.39. The molecule has 21 heavy (non-hydrogen) atoms. The zero-order valence-corrected chi connectivity index (χ0v) is 12.9. The largest absolute Gasteiger partial charge is 0.464 e. The highest BCUT2D eigenvalue weighted by molar-refractivity contribution is 5.84. The van der Waals surface area contributed by atoms with Crippen LogP contribution < -0.4 is 5.32 Å². The van der Waals surface area contributed by atoms with Gasteiger partial charge in [-0.15, -0.1) is 0 Å². The van der Waals surface area contributed by atoms with Crippen molar-refractivity contribution >= 4 is 5.97 Å². The minimum atomic E-state index is -0.616. The molecule has 1 aromatic carbocycles. The zero-order chi connectivity index (χ0) is 14.7. The molecule has 1 saturated carbocycles. The van der Waals surface area contributed by atoms with Crippen LogP contribution >= 0.6 is 0 Å². The smallest absolute Gasteiger partial charge is 0.331 e. The fourth-order valence-electron chi connectivity index (χ4n) is 3.88. The number of esters is 1. The number of hydrogen-bond donors (Lipinski definition) is 1. The van der Waals surface area contributed by atoms with Crippen LogP contribution in [0.2, 0.25) is 0 Å². The van der Waals surface area contributed by atoms with Crippen molar-refractivity contribution in [3.8, 4) is 0 Å². The van der Waals surface area contributed by atoms with Crippen molar-refractivity contribution in [1.29, 1.82) is 0 Å². The van der Waals surface area contributed by atoms with Crippen molar-refractivity contribution < 1.29 is 9.53 Å². The standard InChI is InChI=1S/C18H25NO2/c1-2-21-17(20)18(19-15-9-4-3-5-10-15)13-12-14-8-6-7-11-16(14)18/h6-8,11,15,19H,2-5,9-10,12-13H2,1H3. The number of aryl methyl sites for hydroxylation is 1. The highest BCUT2D eigenvalue weighted by atomic mass is 16.5. The van der Waals surface area contributed by atoms with E-state index in [1.165, 1.54) is 37.7 Å². The van der Waals surface area contributed by atoms with Crippen molar-refractivity contribution in [3.63, 3.8) is 0 Å². The van der Waals surface area contributed by atoms with Crippen molar-refractivity contribution in [2.75, 3.05) is 6.61 Å². The first kappa shape index (κ1) is 14.6. The second-order valence-corrected chi connectivity index (χ2v) is 6.26. The first-order valence-corrected chi connectivity index (χ1v) is 8.29. The van der Waals surface area contributed by atoms with E-state index in [0.717, 1.165) is 18.4 Å². The third-order valence-electron chi connectivity index (χ3n) is 4.93. The van der Waals surface area contributed by atoms with Crippen LogP contribution in [0.25, 0.3) is 0 Å². The molecule has 0 saturated heterocycles. The molecule has 0 spiro atoms. The molecular formula is C18H25NO2. The molecule has 3 heteroatoms. The summed E-state index contributed by atoms with van der Waals surface area (Å²) in [4.78, 5) is 12.7. The molecule has 2 aliphatic carbocycles. The number of ether oxygens (including phenoxy) is 1. The van der Waals surface area contributed by atoms with Gasteiger partial charge in [0, 0.05) is 6.04 Å². The Morgan fingerprint density at radius 3 is 2.81 bits per heavy atom. The van der Waals surface area contributed by atoms with Gasteiger partial charge < -0.3 is 4.74 Å². The van der Waals surface area contributed by atoms with Gasteiger partial charge >= 0.3 is 5.97 Å². The number of nitrogens with one attached hydrogen (secondary N) is 1. The molecule has 1 unspecified atom stereocenters. The summed E-state index contributed by atoms with van der Waals surface area (Å²) in [6, 6.07) is 8.75. The van der Waals surface area contributed by atoms with E-state index in [9.17, 15) is 4.79 Å². The summed E-state index contributed by atoms with van der Waals surface area (Å²) in [7, 11) is 0. The first-order chi connectivity index (χ1) is 10.3. The van der Waals surface area contributed by atoms with E-state index in [-0.39, 0.29) is 5.97 Å². The van der Waals surface area contributed by atoms with Crippen molar-refractivity contribution in [3.05, 3.63) is 35.4 Å². The molecule has 1 N–H and O–H groups in total. The van der Waals surface area contributed by atoms with Crippen LogP contribution in [0.5, 0.6) is 0 Å². The molecule has 3 rings (SSSR count). The summed E-state index contributed by atoms with van der Waals surface area (Å²) in [6.07, 6.45) is 7.96. The monoisotopic (exact) mass is 287 g/mol. The summed E-state index contributed by atoms with van der Waals surface area (Å²) in [5.74, 6) is -0.0967. The lowest BCUT2D eigenvalue weighted by Gasteiger charge is -2.35. The number of carbonyl (C=O) groups excluding carboxylic acids is 1. The van der Waals surface area contributed by atoms with Crippen molar-refractivity contribution in [1.82, 2.24) is 5.32 Å². The second kappa shape index (κ2) is 6.18. The Morgan fingerprint density at radius 2 is 2.05 bits per heavy atom. The lowest BCUT2D eigenvalue weighted by molar-refractivity contribution is -0.152. The van der Waals surface area contributed by atoms with Crippen molar-refractivity contribution in [2.45, 2.75) is 63.5 Å². The van der Waals surface area contributed by atoms with E-state index in [0.29, 0.717) is 12.6 Å². The van der Waals surface area contributed by atoms with Crippen LogP contribution in [-0.4, -0.2) is 18.6 Å². The maximum atomic E-state index is 12.7. The quantitative estimate of drug-likeness (QED) is 0.863. The van der Waals surface area contributed by atoms with Crippen LogP contribution in [0.1, 0.15) is 56.6 Å². The second-order valence-electron chi connectivity index (χ2n) is 6.26. The molecule has 0 radical (unpaired) electrons. The molecule has 0 amide bonds. The Balaban J connectivity index is 1.91. The normalized spacial score (nSPS) is 25.6. The van der Waals surface area contributed by atoms with Crippen LogP contribution in [0.4, 0.5) is 0 Å². The molecule has 1 fully saturated rings. The number of carbonyl (C=O) groups is 1. The van der Waals surface area contributed by atoms with E-state index in [2.05, 4.69) is 23.5 Å². The van der Waals surface area contributed by atoms with Crippen molar-refractivity contribution in [2.24, 2.45) is 0 Å². The zero-order valence-electron chi connectivity index (χ0n) is 12.9. The Hall–Kier alpha value is -1.35. The van der Waals surface area contributed by atoms with Gasteiger partial charge in [0.15, 0.2) is 0 Å². The van der Waals surface area contributed by atoms with E-state index in [4.69, 9.17) is 4.74 Å². The summed E-state index contributed by atoms with van der Waals surface area (Å²) in [5.41, 5.74) is 1.80. The molecule has 0 bridgehead atoms. The Labute approximate surface area is 127 Å². The van der Waals surface area contributed by atoms with E-state index < -0.39 is 5.54 Å². The van der Waals surface area contributed by atoms with Gasteiger partial charge in [0.05, 0.1) is 6.61 Å². The molecule has 0 aliphatic heterocycles. The Kier molecular flexibility index (Phi) is 4.29. The van der Waals surface area contributed by atoms with Gasteiger partial charge in [0.25, 0.3) is 0 Å². The highest BCUT2D eigenvalue weighted by Gasteiger charge is 2.47. The first-order valence-electron chi connectivity index (χ1n) is 8.29. The van der Waals surface area contributed by atoms with E-state index in [1.807, 2.05) is 13.0 Å². The fraction of sp³-hybridized carbons (Fsp3) is 0.611. The maximum absolute atomic E-state index is 12.7. The SMILES string of the molecule is CCOC(=O)C1(NC2CCCCC2)CCc2ccccc21. The fourth-order valence-corrected chi connectivity index (χ4v) is 3.88. The Morgan fingerprint density at radius 1 is 1.29 bits per heavy atom. The summed E-state index contributed by atoms with van der Waals surface area (Å²) < 4.78 is 5.43. The van der Waals surface area contributed by atoms with Gasteiger partial charge in [-0.25, -0.2) is 4.79 Å². The van der Waals surface area contributed by atoms with Gasteiger partial charge in [-0.1, -0.05) is 43.5 Å². The molecule has 0 aromatic heterocycles. The topological polar surface area (TPSA) is 38.3 Å². The molecular weight excluding hydrogens is 262 g/mol. The molecule has 3 nitrogen and oxygen atoms in total. The summed E-state index contributed by atoms with van der Waals surface area (Å²) in [5, 5.41) is 3.70. The number of rotatable bonds is 4. The lowest BCUT2D eigenvalue weighted by atomic mass is 9.87. The molecule has 1 atom stereocenters. The maximum Gasteiger partial charge on any atom is 0.331 e. The average molecular weight is 287 g/mol. The summed E-state index contributed by atoms with van der Waals surface area (Å²) >= 11 is 0. The minimum Gasteiger partial charge on any atom is -0.464 e. The molecule has 1 aromatic rings. The third kappa shape index (κ3) is 2.71. The number of fused-ring (bicyclic) bond motifs is 1. The van der Waals surface area contributed by atoms with Gasteiger partial charge in [-0.05, 0) is 43.7 Å². The number of hydrogen-bond acceptors (Lipinski definition) is 3. The minimum absolute atomic E-state index is 0.0967. The van der Waals surface area contributed by atoms with Gasteiger partial charge in [-0.2, -0.15) is 0 Å². The predicted octanol–water partition coefficient (Wildman–Crippen LogP) is 3.31. The molecule has 2 aliphatic rings. The van der Waals surface area contributed by atoms with Crippen LogP contribution in [0.3, 0.4) is 0 Å². The lowest BCUT2D eigenvalue weighted by Crippen LogP contribution is -2.53. The van der Waals surface area contributed by atoms with Crippen LogP contribution in [0.15, 0.2) is 24.3 Å². The van der Waals surface area contributed by atoms with Gasteiger partial charge in [0.2, 0.25) is 0 Å².